The number of benzene rings is 3. The van der Waals surface area contributed by atoms with Crippen molar-refractivity contribution in [2.75, 3.05) is 5.32 Å². The average Bonchev–Trinajstić information content (AvgIpc) is 2.46. The van der Waals surface area contributed by atoms with Gasteiger partial charge in [0.25, 0.3) is 0 Å². The predicted octanol–water partition coefficient (Wildman–Crippen LogP) is 5.35. The first-order valence-corrected chi connectivity index (χ1v) is 7.18. The summed E-state index contributed by atoms with van der Waals surface area (Å²) in [5, 5.41) is 5.54. The summed E-state index contributed by atoms with van der Waals surface area (Å²) in [7, 11) is 0. The Labute approximate surface area is 125 Å². The molecule has 0 bridgehead atoms. The largest absolute Gasteiger partial charge is 0.379 e. The van der Waals surface area contributed by atoms with Crippen molar-refractivity contribution in [1.82, 2.24) is 0 Å². The lowest BCUT2D eigenvalue weighted by molar-refractivity contribution is 0.629. The quantitative estimate of drug-likeness (QED) is 0.682. The van der Waals surface area contributed by atoms with Gasteiger partial charge in [-0.1, -0.05) is 52.3 Å². The van der Waals surface area contributed by atoms with Gasteiger partial charge in [0.15, 0.2) is 0 Å². The van der Waals surface area contributed by atoms with Gasteiger partial charge in [-0.3, -0.25) is 0 Å². The van der Waals surface area contributed by atoms with E-state index in [4.69, 9.17) is 0 Å². The van der Waals surface area contributed by atoms with Crippen molar-refractivity contribution in [3.05, 3.63) is 76.5 Å². The third-order valence-corrected chi connectivity index (χ3v) is 3.72. The Bertz CT molecular complexity index is 755. The zero-order valence-electron chi connectivity index (χ0n) is 10.7. The Morgan fingerprint density at radius 3 is 2.50 bits per heavy atom. The highest BCUT2D eigenvalue weighted by atomic mass is 79.9. The van der Waals surface area contributed by atoms with Crippen molar-refractivity contribution in [2.24, 2.45) is 0 Å². The fourth-order valence-electron chi connectivity index (χ4n) is 2.18. The van der Waals surface area contributed by atoms with E-state index >= 15 is 0 Å². The lowest BCUT2D eigenvalue weighted by Crippen LogP contribution is -2.01. The molecular formula is C17H13BrFN. The summed E-state index contributed by atoms with van der Waals surface area (Å²) in [6, 6.07) is 19.5. The standard InChI is InChI=1S/C17H13BrFN/c18-15-7-8-17(16(19)10-15)20-11-12-5-6-13-3-1-2-4-14(13)9-12/h1-10,20H,11H2. The van der Waals surface area contributed by atoms with Crippen LogP contribution in [-0.4, -0.2) is 0 Å². The molecule has 3 aromatic carbocycles. The summed E-state index contributed by atoms with van der Waals surface area (Å²) in [5.41, 5.74) is 1.65. The van der Waals surface area contributed by atoms with Crippen LogP contribution in [0.25, 0.3) is 10.8 Å². The molecule has 0 atom stereocenters. The molecule has 0 unspecified atom stereocenters. The van der Waals surface area contributed by atoms with Crippen LogP contribution in [0, 0.1) is 5.82 Å². The van der Waals surface area contributed by atoms with E-state index in [0.29, 0.717) is 12.2 Å². The lowest BCUT2D eigenvalue weighted by Gasteiger charge is -2.09. The molecule has 0 aliphatic rings. The topological polar surface area (TPSA) is 12.0 Å². The fourth-order valence-corrected chi connectivity index (χ4v) is 2.51. The zero-order chi connectivity index (χ0) is 13.9. The molecule has 0 heterocycles. The van der Waals surface area contributed by atoms with E-state index in [1.807, 2.05) is 18.2 Å². The second-order valence-corrected chi connectivity index (χ2v) is 5.57. The second kappa shape index (κ2) is 5.63. The average molecular weight is 330 g/mol. The van der Waals surface area contributed by atoms with Gasteiger partial charge in [0.2, 0.25) is 0 Å². The van der Waals surface area contributed by atoms with E-state index in [-0.39, 0.29) is 5.82 Å². The number of hydrogen-bond acceptors (Lipinski definition) is 1. The van der Waals surface area contributed by atoms with Crippen LogP contribution in [0.4, 0.5) is 10.1 Å². The summed E-state index contributed by atoms with van der Waals surface area (Å²) in [6.45, 7) is 0.601. The first-order chi connectivity index (χ1) is 9.72. The van der Waals surface area contributed by atoms with Gasteiger partial charge >= 0.3 is 0 Å². The Morgan fingerprint density at radius 2 is 1.70 bits per heavy atom. The minimum Gasteiger partial charge on any atom is -0.379 e. The monoisotopic (exact) mass is 329 g/mol. The smallest absolute Gasteiger partial charge is 0.147 e. The van der Waals surface area contributed by atoms with Gasteiger partial charge in [0.05, 0.1) is 5.69 Å². The Kier molecular flexibility index (Phi) is 3.70. The normalized spacial score (nSPS) is 10.7. The summed E-state index contributed by atoms with van der Waals surface area (Å²) < 4.78 is 14.5. The molecule has 1 N–H and O–H groups in total. The molecule has 3 aromatic rings. The Morgan fingerprint density at radius 1 is 0.900 bits per heavy atom. The number of nitrogens with one attached hydrogen (secondary N) is 1. The van der Waals surface area contributed by atoms with Crippen LogP contribution >= 0.6 is 15.9 Å². The highest BCUT2D eigenvalue weighted by Crippen LogP contribution is 2.21. The first-order valence-electron chi connectivity index (χ1n) is 6.39. The van der Waals surface area contributed by atoms with Crippen molar-refractivity contribution in [3.8, 4) is 0 Å². The molecule has 0 radical (unpaired) electrons. The van der Waals surface area contributed by atoms with Gasteiger partial charge in [0, 0.05) is 11.0 Å². The molecule has 1 nitrogen and oxygen atoms in total. The molecular weight excluding hydrogens is 317 g/mol. The summed E-state index contributed by atoms with van der Waals surface area (Å²) in [5.74, 6) is -0.250. The van der Waals surface area contributed by atoms with Gasteiger partial charge in [-0.2, -0.15) is 0 Å². The number of halogens is 2. The maximum absolute atomic E-state index is 13.7. The molecule has 0 saturated carbocycles. The summed E-state index contributed by atoms with van der Waals surface area (Å²) >= 11 is 3.25. The highest BCUT2D eigenvalue weighted by Gasteiger charge is 2.02. The van der Waals surface area contributed by atoms with E-state index in [2.05, 4.69) is 51.6 Å². The van der Waals surface area contributed by atoms with Crippen molar-refractivity contribution >= 4 is 32.4 Å². The van der Waals surface area contributed by atoms with Crippen LogP contribution in [0.3, 0.4) is 0 Å². The van der Waals surface area contributed by atoms with Crippen molar-refractivity contribution in [2.45, 2.75) is 6.54 Å². The van der Waals surface area contributed by atoms with E-state index in [1.165, 1.54) is 16.8 Å². The minimum absolute atomic E-state index is 0.250. The molecule has 0 aromatic heterocycles. The number of rotatable bonds is 3. The molecule has 0 aliphatic heterocycles. The van der Waals surface area contributed by atoms with E-state index < -0.39 is 0 Å². The molecule has 0 spiro atoms. The SMILES string of the molecule is Fc1cc(Br)ccc1NCc1ccc2ccccc2c1. The van der Waals surface area contributed by atoms with Crippen LogP contribution < -0.4 is 5.32 Å². The van der Waals surface area contributed by atoms with E-state index in [0.717, 1.165) is 10.0 Å². The molecule has 0 fully saturated rings. The summed E-state index contributed by atoms with van der Waals surface area (Å²) in [4.78, 5) is 0. The highest BCUT2D eigenvalue weighted by molar-refractivity contribution is 9.10. The van der Waals surface area contributed by atoms with Crippen molar-refractivity contribution in [1.29, 1.82) is 0 Å². The molecule has 3 rings (SSSR count). The Balaban J connectivity index is 1.79. The molecule has 3 heteroatoms. The maximum atomic E-state index is 13.7. The van der Waals surface area contributed by atoms with E-state index in [9.17, 15) is 4.39 Å². The van der Waals surface area contributed by atoms with Gasteiger partial charge in [-0.15, -0.1) is 0 Å². The minimum atomic E-state index is -0.250. The Hall–Kier alpha value is -1.87. The third kappa shape index (κ3) is 2.83. The second-order valence-electron chi connectivity index (χ2n) is 4.66. The van der Waals surface area contributed by atoms with Gasteiger partial charge in [-0.25, -0.2) is 4.39 Å². The number of hydrogen-bond donors (Lipinski definition) is 1. The lowest BCUT2D eigenvalue weighted by atomic mass is 10.1. The molecule has 0 aliphatic carbocycles. The number of fused-ring (bicyclic) bond motifs is 1. The predicted molar refractivity (Wildman–Crippen MR) is 85.4 cm³/mol. The van der Waals surface area contributed by atoms with Crippen LogP contribution in [0.2, 0.25) is 0 Å². The maximum Gasteiger partial charge on any atom is 0.147 e. The molecule has 0 amide bonds. The van der Waals surface area contributed by atoms with E-state index in [1.54, 1.807) is 6.07 Å². The first kappa shape index (κ1) is 13.1. The van der Waals surface area contributed by atoms with Crippen molar-refractivity contribution in [3.63, 3.8) is 0 Å². The van der Waals surface area contributed by atoms with Gasteiger partial charge in [-0.05, 0) is 40.6 Å². The zero-order valence-corrected chi connectivity index (χ0v) is 12.3. The number of anilines is 1. The van der Waals surface area contributed by atoms with Crippen LogP contribution in [0.15, 0.2) is 65.1 Å². The van der Waals surface area contributed by atoms with Crippen molar-refractivity contribution < 1.29 is 4.39 Å². The molecule has 0 saturated heterocycles. The third-order valence-electron chi connectivity index (χ3n) is 3.23. The molecule has 20 heavy (non-hydrogen) atoms. The van der Waals surface area contributed by atoms with Crippen LogP contribution in [-0.2, 0) is 6.54 Å². The van der Waals surface area contributed by atoms with Crippen LogP contribution in [0.5, 0.6) is 0 Å². The molecule has 100 valence electrons. The van der Waals surface area contributed by atoms with Gasteiger partial charge in [0.1, 0.15) is 5.82 Å². The fraction of sp³-hybridized carbons (Fsp3) is 0.0588. The van der Waals surface area contributed by atoms with Crippen LogP contribution in [0.1, 0.15) is 5.56 Å². The summed E-state index contributed by atoms with van der Waals surface area (Å²) in [6.07, 6.45) is 0. The van der Waals surface area contributed by atoms with Gasteiger partial charge < -0.3 is 5.32 Å².